The molecule has 0 unspecified atom stereocenters. The first-order valence-electron chi connectivity index (χ1n) is 7.14. The molecule has 0 spiro atoms. The number of amides is 2. The summed E-state index contributed by atoms with van der Waals surface area (Å²) in [4.78, 5) is 16.0. The van der Waals surface area contributed by atoms with Gasteiger partial charge in [-0.05, 0) is 38.5 Å². The highest BCUT2D eigenvalue weighted by atomic mass is 16.2. The number of hydrogen-bond acceptors (Lipinski definition) is 3. The maximum absolute atomic E-state index is 11.5. The zero-order valence-electron chi connectivity index (χ0n) is 12.8. The first-order chi connectivity index (χ1) is 10.6. The lowest BCUT2D eigenvalue weighted by molar-refractivity contribution is 0.252. The summed E-state index contributed by atoms with van der Waals surface area (Å²) in [5.41, 5.74) is 4.88. The number of carbonyl (C=O) groups excluding carboxylic acids is 1. The molecule has 0 aliphatic rings. The number of aromatic amines is 1. The molecule has 3 heterocycles. The summed E-state index contributed by atoms with van der Waals surface area (Å²) < 4.78 is 1.87. The quantitative estimate of drug-likeness (QED) is 0.694. The van der Waals surface area contributed by atoms with Crippen molar-refractivity contribution in [3.05, 3.63) is 35.9 Å². The SMILES string of the molecule is CCNC(=O)Nc1cn2ccc(-c3c(C)n[nH]c3C)cc2n1. The molecule has 3 aromatic heterocycles. The molecular weight excluding hydrogens is 280 g/mol. The van der Waals surface area contributed by atoms with Crippen LogP contribution in [0.5, 0.6) is 0 Å². The smallest absolute Gasteiger partial charge is 0.320 e. The van der Waals surface area contributed by atoms with Crippen molar-refractivity contribution in [1.82, 2.24) is 24.9 Å². The molecule has 3 aromatic rings. The summed E-state index contributed by atoms with van der Waals surface area (Å²) >= 11 is 0. The number of anilines is 1. The molecule has 0 bridgehead atoms. The highest BCUT2D eigenvalue weighted by Gasteiger charge is 2.11. The Labute approximate surface area is 127 Å². The summed E-state index contributed by atoms with van der Waals surface area (Å²) in [5, 5.41) is 12.6. The molecule has 0 aliphatic carbocycles. The van der Waals surface area contributed by atoms with Crippen LogP contribution in [-0.4, -0.2) is 32.2 Å². The minimum atomic E-state index is -0.257. The Bertz CT molecular complexity index is 812. The van der Waals surface area contributed by atoms with Gasteiger partial charge in [-0.25, -0.2) is 9.78 Å². The maximum atomic E-state index is 11.5. The number of carbonyl (C=O) groups is 1. The van der Waals surface area contributed by atoms with Gasteiger partial charge in [-0.3, -0.25) is 10.4 Å². The molecule has 0 fully saturated rings. The fourth-order valence-electron chi connectivity index (χ4n) is 2.49. The second kappa shape index (κ2) is 5.51. The molecule has 0 aliphatic heterocycles. The fourth-order valence-corrected chi connectivity index (χ4v) is 2.49. The third kappa shape index (κ3) is 2.52. The Morgan fingerprint density at radius 2 is 2.23 bits per heavy atom. The highest BCUT2D eigenvalue weighted by molar-refractivity contribution is 5.88. The van der Waals surface area contributed by atoms with Crippen LogP contribution < -0.4 is 10.6 Å². The monoisotopic (exact) mass is 298 g/mol. The van der Waals surface area contributed by atoms with Crippen molar-refractivity contribution in [2.75, 3.05) is 11.9 Å². The van der Waals surface area contributed by atoms with E-state index in [9.17, 15) is 4.79 Å². The van der Waals surface area contributed by atoms with Gasteiger partial charge in [0, 0.05) is 24.0 Å². The first kappa shape index (κ1) is 14.1. The molecular formula is C15H18N6O. The van der Waals surface area contributed by atoms with E-state index >= 15 is 0 Å². The van der Waals surface area contributed by atoms with Gasteiger partial charge in [0.25, 0.3) is 0 Å². The molecule has 7 heteroatoms. The van der Waals surface area contributed by atoms with E-state index in [1.807, 2.05) is 43.5 Å². The van der Waals surface area contributed by atoms with E-state index in [0.29, 0.717) is 12.4 Å². The summed E-state index contributed by atoms with van der Waals surface area (Å²) in [7, 11) is 0. The third-order valence-corrected chi connectivity index (χ3v) is 3.46. The average molecular weight is 298 g/mol. The fraction of sp³-hybridized carbons (Fsp3) is 0.267. The molecule has 0 saturated carbocycles. The number of fused-ring (bicyclic) bond motifs is 1. The largest absolute Gasteiger partial charge is 0.338 e. The second-order valence-electron chi connectivity index (χ2n) is 5.10. The lowest BCUT2D eigenvalue weighted by atomic mass is 10.1. The number of pyridine rings is 1. The van der Waals surface area contributed by atoms with Crippen LogP contribution in [0.15, 0.2) is 24.5 Å². The Kier molecular flexibility index (Phi) is 3.54. The van der Waals surface area contributed by atoms with Crippen LogP contribution in [0, 0.1) is 13.8 Å². The van der Waals surface area contributed by atoms with Gasteiger partial charge in [0.1, 0.15) is 5.65 Å². The van der Waals surface area contributed by atoms with Crippen molar-refractivity contribution in [2.45, 2.75) is 20.8 Å². The molecule has 114 valence electrons. The Morgan fingerprint density at radius 1 is 1.41 bits per heavy atom. The average Bonchev–Trinajstić information content (AvgIpc) is 3.01. The van der Waals surface area contributed by atoms with Crippen LogP contribution >= 0.6 is 0 Å². The summed E-state index contributed by atoms with van der Waals surface area (Å²) in [6.07, 6.45) is 3.70. The number of hydrogen-bond donors (Lipinski definition) is 3. The van der Waals surface area contributed by atoms with Gasteiger partial charge in [0.05, 0.1) is 11.9 Å². The van der Waals surface area contributed by atoms with Crippen molar-refractivity contribution in [3.63, 3.8) is 0 Å². The van der Waals surface area contributed by atoms with Gasteiger partial charge in [0.15, 0.2) is 5.82 Å². The normalized spacial score (nSPS) is 10.9. The van der Waals surface area contributed by atoms with Gasteiger partial charge in [-0.2, -0.15) is 5.10 Å². The zero-order valence-corrected chi connectivity index (χ0v) is 12.8. The van der Waals surface area contributed by atoms with Crippen molar-refractivity contribution in [3.8, 4) is 11.1 Å². The van der Waals surface area contributed by atoms with Crippen molar-refractivity contribution < 1.29 is 4.79 Å². The lowest BCUT2D eigenvalue weighted by Crippen LogP contribution is -2.28. The molecule has 3 N–H and O–H groups in total. The summed E-state index contributed by atoms with van der Waals surface area (Å²) in [6, 6.07) is 3.73. The van der Waals surface area contributed by atoms with E-state index in [1.54, 1.807) is 6.20 Å². The lowest BCUT2D eigenvalue weighted by Gasteiger charge is -2.02. The summed E-state index contributed by atoms with van der Waals surface area (Å²) in [5.74, 6) is 0.517. The van der Waals surface area contributed by atoms with Crippen LogP contribution in [0.2, 0.25) is 0 Å². The Balaban J connectivity index is 1.95. The standard InChI is InChI=1S/C15H18N6O/c1-4-16-15(22)18-12-8-21-6-5-11(7-13(21)17-12)14-9(2)19-20-10(14)3/h5-8H,4H2,1-3H3,(H,19,20)(H2,16,18,22). The molecule has 0 aromatic carbocycles. The molecule has 0 radical (unpaired) electrons. The molecule has 22 heavy (non-hydrogen) atoms. The predicted molar refractivity (Wildman–Crippen MR) is 84.9 cm³/mol. The molecule has 0 atom stereocenters. The Morgan fingerprint density at radius 3 is 2.91 bits per heavy atom. The van der Waals surface area contributed by atoms with Crippen molar-refractivity contribution in [2.24, 2.45) is 0 Å². The van der Waals surface area contributed by atoms with Crippen LogP contribution in [0.4, 0.5) is 10.6 Å². The van der Waals surface area contributed by atoms with Crippen LogP contribution in [0.3, 0.4) is 0 Å². The number of nitrogens with one attached hydrogen (secondary N) is 3. The van der Waals surface area contributed by atoms with Gasteiger partial charge in [0.2, 0.25) is 0 Å². The highest BCUT2D eigenvalue weighted by Crippen LogP contribution is 2.26. The maximum Gasteiger partial charge on any atom is 0.320 e. The number of imidazole rings is 1. The minimum absolute atomic E-state index is 0.257. The molecule has 2 amide bonds. The number of H-pyrrole nitrogens is 1. The zero-order chi connectivity index (χ0) is 15.7. The molecule has 7 nitrogen and oxygen atoms in total. The van der Waals surface area contributed by atoms with Crippen molar-refractivity contribution >= 4 is 17.5 Å². The minimum Gasteiger partial charge on any atom is -0.338 e. The third-order valence-electron chi connectivity index (χ3n) is 3.46. The van der Waals surface area contributed by atoms with Crippen LogP contribution in [0.25, 0.3) is 16.8 Å². The van der Waals surface area contributed by atoms with Gasteiger partial charge >= 0.3 is 6.03 Å². The number of rotatable bonds is 3. The first-order valence-corrected chi connectivity index (χ1v) is 7.14. The van der Waals surface area contributed by atoms with E-state index in [1.165, 1.54) is 0 Å². The predicted octanol–water partition coefficient (Wildman–Crippen LogP) is 2.48. The number of aromatic nitrogens is 4. The van der Waals surface area contributed by atoms with E-state index in [2.05, 4.69) is 25.8 Å². The van der Waals surface area contributed by atoms with E-state index < -0.39 is 0 Å². The number of aryl methyl sites for hydroxylation is 2. The second-order valence-corrected chi connectivity index (χ2v) is 5.10. The molecule has 3 rings (SSSR count). The molecule has 0 saturated heterocycles. The summed E-state index contributed by atoms with van der Waals surface area (Å²) in [6.45, 7) is 6.40. The van der Waals surface area contributed by atoms with Crippen LogP contribution in [0.1, 0.15) is 18.3 Å². The van der Waals surface area contributed by atoms with Crippen molar-refractivity contribution in [1.29, 1.82) is 0 Å². The van der Waals surface area contributed by atoms with Gasteiger partial charge < -0.3 is 9.72 Å². The van der Waals surface area contributed by atoms with Gasteiger partial charge in [-0.1, -0.05) is 0 Å². The topological polar surface area (TPSA) is 87.1 Å². The Hall–Kier alpha value is -2.83. The number of nitrogens with zero attached hydrogens (tertiary/aromatic N) is 3. The van der Waals surface area contributed by atoms with E-state index in [-0.39, 0.29) is 6.03 Å². The van der Waals surface area contributed by atoms with Crippen LogP contribution in [-0.2, 0) is 0 Å². The van der Waals surface area contributed by atoms with E-state index in [0.717, 1.165) is 28.2 Å². The number of urea groups is 1. The van der Waals surface area contributed by atoms with Gasteiger partial charge in [-0.15, -0.1) is 0 Å². The van der Waals surface area contributed by atoms with E-state index in [4.69, 9.17) is 0 Å².